The molecule has 120 valence electrons. The number of sulfonamides is 1. The van der Waals surface area contributed by atoms with Crippen LogP contribution in [0, 0.1) is 20.8 Å². The summed E-state index contributed by atoms with van der Waals surface area (Å²) in [6.07, 6.45) is 0. The van der Waals surface area contributed by atoms with Crippen molar-refractivity contribution in [3.05, 3.63) is 58.8 Å². The Bertz CT molecular complexity index is 951. The number of aromatic nitrogens is 1. The molecule has 3 rings (SSSR count). The summed E-state index contributed by atoms with van der Waals surface area (Å²) < 4.78 is 32.9. The molecule has 23 heavy (non-hydrogen) atoms. The van der Waals surface area contributed by atoms with Gasteiger partial charge in [0.15, 0.2) is 5.58 Å². The van der Waals surface area contributed by atoms with E-state index < -0.39 is 10.0 Å². The van der Waals surface area contributed by atoms with Crippen LogP contribution in [0.5, 0.6) is 0 Å². The summed E-state index contributed by atoms with van der Waals surface area (Å²) in [6.45, 7) is 5.77. The van der Waals surface area contributed by atoms with Crippen molar-refractivity contribution in [3.63, 3.8) is 0 Å². The fourth-order valence-corrected chi connectivity index (χ4v) is 4.03. The lowest BCUT2D eigenvalue weighted by Crippen LogP contribution is -2.17. The molecule has 0 aliphatic heterocycles. The number of rotatable bonds is 4. The molecular formula is C17H18N2O3S. The zero-order valence-electron chi connectivity index (χ0n) is 13.3. The Morgan fingerprint density at radius 1 is 1.09 bits per heavy atom. The molecular weight excluding hydrogens is 312 g/mol. The Hall–Kier alpha value is -2.34. The Kier molecular flexibility index (Phi) is 3.85. The fraction of sp³-hybridized carbons (Fsp3) is 0.235. The third kappa shape index (κ3) is 3.22. The second-order valence-corrected chi connectivity index (χ2v) is 7.48. The molecule has 0 aliphatic rings. The van der Waals surface area contributed by atoms with Crippen LogP contribution in [0.2, 0.25) is 0 Å². The van der Waals surface area contributed by atoms with Gasteiger partial charge in [-0.05, 0) is 44.0 Å². The summed E-state index contributed by atoms with van der Waals surface area (Å²) in [4.78, 5) is 0. The summed E-state index contributed by atoms with van der Waals surface area (Å²) in [5, 5.41) is 4.60. The molecule has 1 N–H and O–H groups in total. The maximum absolute atomic E-state index is 12.5. The molecule has 2 aromatic carbocycles. The average Bonchev–Trinajstić information content (AvgIpc) is 2.86. The quantitative estimate of drug-likeness (QED) is 0.792. The fourth-order valence-electron chi connectivity index (χ4n) is 2.75. The van der Waals surface area contributed by atoms with Crippen molar-refractivity contribution in [2.75, 3.05) is 4.72 Å². The van der Waals surface area contributed by atoms with Gasteiger partial charge in [-0.25, -0.2) is 8.42 Å². The van der Waals surface area contributed by atoms with Gasteiger partial charge in [0.1, 0.15) is 11.4 Å². The molecule has 6 heteroatoms. The van der Waals surface area contributed by atoms with E-state index in [9.17, 15) is 8.42 Å². The average molecular weight is 330 g/mol. The van der Waals surface area contributed by atoms with Gasteiger partial charge in [0, 0.05) is 5.39 Å². The Balaban J connectivity index is 1.91. The molecule has 0 spiro atoms. The van der Waals surface area contributed by atoms with Crippen LogP contribution in [0.1, 0.15) is 22.4 Å². The number of anilines is 1. The van der Waals surface area contributed by atoms with E-state index in [1.807, 2.05) is 45.0 Å². The van der Waals surface area contributed by atoms with Gasteiger partial charge in [-0.15, -0.1) is 0 Å². The summed E-state index contributed by atoms with van der Waals surface area (Å²) >= 11 is 0. The van der Waals surface area contributed by atoms with E-state index in [-0.39, 0.29) is 5.75 Å². The van der Waals surface area contributed by atoms with E-state index in [2.05, 4.69) is 9.88 Å². The molecule has 5 nitrogen and oxygen atoms in total. The molecule has 0 aliphatic carbocycles. The zero-order chi connectivity index (χ0) is 16.6. The highest BCUT2D eigenvalue weighted by Crippen LogP contribution is 2.25. The third-order valence-electron chi connectivity index (χ3n) is 3.71. The first-order chi connectivity index (χ1) is 10.9. The molecule has 0 bridgehead atoms. The van der Waals surface area contributed by atoms with Gasteiger partial charge in [-0.3, -0.25) is 4.72 Å². The van der Waals surface area contributed by atoms with Gasteiger partial charge >= 0.3 is 0 Å². The predicted octanol–water partition coefficient (Wildman–Crippen LogP) is 3.69. The maximum atomic E-state index is 12.5. The van der Waals surface area contributed by atoms with Crippen LogP contribution in [0.25, 0.3) is 11.0 Å². The molecule has 0 atom stereocenters. The molecule has 0 saturated carbocycles. The summed E-state index contributed by atoms with van der Waals surface area (Å²) in [7, 11) is -3.58. The van der Waals surface area contributed by atoms with Crippen LogP contribution >= 0.6 is 0 Å². The topological polar surface area (TPSA) is 72.2 Å². The molecule has 0 fully saturated rings. The van der Waals surface area contributed by atoms with Gasteiger partial charge in [-0.1, -0.05) is 35.0 Å². The first-order valence-electron chi connectivity index (χ1n) is 7.27. The van der Waals surface area contributed by atoms with Crippen molar-refractivity contribution < 1.29 is 12.9 Å². The minimum Gasteiger partial charge on any atom is -0.356 e. The summed E-state index contributed by atoms with van der Waals surface area (Å²) in [5.41, 5.74) is 4.52. The highest BCUT2D eigenvalue weighted by Gasteiger charge is 2.19. The molecule has 0 saturated heterocycles. The van der Waals surface area contributed by atoms with Gasteiger partial charge in [0.25, 0.3) is 0 Å². The van der Waals surface area contributed by atoms with E-state index in [4.69, 9.17) is 4.52 Å². The van der Waals surface area contributed by atoms with Crippen molar-refractivity contribution in [1.82, 2.24) is 5.16 Å². The van der Waals surface area contributed by atoms with Crippen molar-refractivity contribution >= 4 is 26.7 Å². The van der Waals surface area contributed by atoms with Gasteiger partial charge < -0.3 is 4.52 Å². The number of hydrogen-bond acceptors (Lipinski definition) is 4. The van der Waals surface area contributed by atoms with Crippen molar-refractivity contribution in [2.24, 2.45) is 0 Å². The maximum Gasteiger partial charge on any atom is 0.238 e. The standard InChI is InChI=1S/C17H18N2O3S/c1-11-8-12(2)17(13(3)9-11)19-23(20,21)10-15-14-6-4-5-7-16(14)22-18-15/h4-9,19H,10H2,1-3H3. The van der Waals surface area contributed by atoms with Crippen LogP contribution in [-0.4, -0.2) is 13.6 Å². The summed E-state index contributed by atoms with van der Waals surface area (Å²) in [6, 6.07) is 11.1. The number of para-hydroxylation sites is 1. The second kappa shape index (κ2) is 5.70. The highest BCUT2D eigenvalue weighted by atomic mass is 32.2. The lowest BCUT2D eigenvalue weighted by atomic mass is 10.1. The summed E-state index contributed by atoms with van der Waals surface area (Å²) in [5.74, 6) is -0.225. The van der Waals surface area contributed by atoms with Crippen LogP contribution in [0.3, 0.4) is 0 Å². The van der Waals surface area contributed by atoms with Gasteiger partial charge in [-0.2, -0.15) is 0 Å². The van der Waals surface area contributed by atoms with E-state index in [1.165, 1.54) is 0 Å². The largest absolute Gasteiger partial charge is 0.356 e. The lowest BCUT2D eigenvalue weighted by molar-refractivity contribution is 0.448. The normalized spacial score (nSPS) is 11.8. The number of fused-ring (bicyclic) bond motifs is 1. The Morgan fingerprint density at radius 3 is 2.43 bits per heavy atom. The molecule has 1 heterocycles. The van der Waals surface area contributed by atoms with E-state index in [0.717, 1.165) is 22.1 Å². The Labute approximate surface area is 135 Å². The first kappa shape index (κ1) is 15.6. The lowest BCUT2D eigenvalue weighted by Gasteiger charge is -2.13. The number of benzene rings is 2. The van der Waals surface area contributed by atoms with Gasteiger partial charge in [0.2, 0.25) is 10.0 Å². The highest BCUT2D eigenvalue weighted by molar-refractivity contribution is 7.91. The van der Waals surface area contributed by atoms with E-state index in [0.29, 0.717) is 17.0 Å². The molecule has 1 aromatic heterocycles. The zero-order valence-corrected chi connectivity index (χ0v) is 14.1. The van der Waals surface area contributed by atoms with Gasteiger partial charge in [0.05, 0.1) is 5.69 Å². The van der Waals surface area contributed by atoms with Crippen molar-refractivity contribution in [3.8, 4) is 0 Å². The third-order valence-corrected chi connectivity index (χ3v) is 4.88. The molecule has 3 aromatic rings. The predicted molar refractivity (Wildman–Crippen MR) is 90.9 cm³/mol. The van der Waals surface area contributed by atoms with E-state index >= 15 is 0 Å². The monoisotopic (exact) mass is 330 g/mol. The number of aryl methyl sites for hydroxylation is 3. The minimum atomic E-state index is -3.58. The van der Waals surface area contributed by atoms with Crippen LogP contribution in [0.15, 0.2) is 40.9 Å². The smallest absolute Gasteiger partial charge is 0.238 e. The number of nitrogens with zero attached hydrogens (tertiary/aromatic N) is 1. The van der Waals surface area contributed by atoms with E-state index in [1.54, 1.807) is 12.1 Å². The first-order valence-corrected chi connectivity index (χ1v) is 8.92. The van der Waals surface area contributed by atoms with Crippen LogP contribution < -0.4 is 4.72 Å². The SMILES string of the molecule is Cc1cc(C)c(NS(=O)(=O)Cc2noc3ccccc23)c(C)c1. The van der Waals surface area contributed by atoms with Crippen molar-refractivity contribution in [1.29, 1.82) is 0 Å². The number of hydrogen-bond donors (Lipinski definition) is 1. The minimum absolute atomic E-state index is 0.225. The van der Waals surface area contributed by atoms with Crippen LogP contribution in [0.4, 0.5) is 5.69 Å². The van der Waals surface area contributed by atoms with Crippen molar-refractivity contribution in [2.45, 2.75) is 26.5 Å². The molecule has 0 amide bonds. The molecule has 0 radical (unpaired) electrons. The molecule has 0 unspecified atom stereocenters. The van der Waals surface area contributed by atoms with Crippen LogP contribution in [-0.2, 0) is 15.8 Å². The number of nitrogens with one attached hydrogen (secondary N) is 1. The Morgan fingerprint density at radius 2 is 1.74 bits per heavy atom. The second-order valence-electron chi connectivity index (χ2n) is 5.76.